The lowest BCUT2D eigenvalue weighted by atomic mass is 9.95. The minimum Gasteiger partial charge on any atom is -0.496 e. The third-order valence-corrected chi connectivity index (χ3v) is 5.17. The third kappa shape index (κ3) is 4.63. The lowest BCUT2D eigenvalue weighted by Crippen LogP contribution is -2.36. The van der Waals surface area contributed by atoms with E-state index in [1.54, 1.807) is 18.9 Å². The summed E-state index contributed by atoms with van der Waals surface area (Å²) in [6.45, 7) is 1.16. The van der Waals surface area contributed by atoms with Crippen LogP contribution in [0.5, 0.6) is 5.75 Å². The van der Waals surface area contributed by atoms with Crippen molar-refractivity contribution in [3.63, 3.8) is 0 Å². The number of hydrogen-bond acceptors (Lipinski definition) is 4. The van der Waals surface area contributed by atoms with Gasteiger partial charge in [0.05, 0.1) is 7.11 Å². The molecule has 2 atom stereocenters. The van der Waals surface area contributed by atoms with Crippen LogP contribution < -0.4 is 10.1 Å². The molecule has 21 heavy (non-hydrogen) atoms. The first-order valence-corrected chi connectivity index (χ1v) is 9.06. The second kappa shape index (κ2) is 8.66. The van der Waals surface area contributed by atoms with Crippen molar-refractivity contribution in [2.24, 2.45) is 5.92 Å². The monoisotopic (exact) mass is 309 g/mol. The van der Waals surface area contributed by atoms with E-state index >= 15 is 0 Å². The van der Waals surface area contributed by atoms with Gasteiger partial charge >= 0.3 is 0 Å². The van der Waals surface area contributed by atoms with Crippen molar-refractivity contribution in [3.8, 4) is 5.75 Å². The summed E-state index contributed by atoms with van der Waals surface area (Å²) in [5.74, 6) is 1.35. The average molecular weight is 309 g/mol. The number of aliphatic hydroxyl groups excluding tert-OH is 1. The Morgan fingerprint density at radius 3 is 2.81 bits per heavy atom. The predicted octanol–water partition coefficient (Wildman–Crippen LogP) is 3.45. The van der Waals surface area contributed by atoms with Gasteiger partial charge in [0.15, 0.2) is 0 Å². The van der Waals surface area contributed by atoms with Crippen LogP contribution in [-0.2, 0) is 6.54 Å². The Balaban J connectivity index is 1.97. The Labute approximate surface area is 132 Å². The molecule has 0 heterocycles. The number of thioether (sulfide) groups is 1. The van der Waals surface area contributed by atoms with Gasteiger partial charge in [0.25, 0.3) is 0 Å². The van der Waals surface area contributed by atoms with Crippen LogP contribution in [0.25, 0.3) is 0 Å². The number of methoxy groups -OCH3 is 1. The lowest BCUT2D eigenvalue weighted by molar-refractivity contribution is 0.181. The van der Waals surface area contributed by atoms with Crippen LogP contribution in [0, 0.1) is 5.92 Å². The average Bonchev–Trinajstić information content (AvgIpc) is 2.77. The maximum atomic E-state index is 9.57. The van der Waals surface area contributed by atoms with Crippen LogP contribution in [0.3, 0.4) is 0 Å². The van der Waals surface area contributed by atoms with Crippen molar-refractivity contribution >= 4 is 11.8 Å². The first-order valence-electron chi connectivity index (χ1n) is 7.83. The highest BCUT2D eigenvalue weighted by Gasteiger charge is 2.22. The van der Waals surface area contributed by atoms with Gasteiger partial charge in [-0.1, -0.05) is 25.3 Å². The second-order valence-electron chi connectivity index (χ2n) is 5.76. The molecular formula is C17H27NO2S. The van der Waals surface area contributed by atoms with Crippen molar-refractivity contribution < 1.29 is 9.84 Å². The summed E-state index contributed by atoms with van der Waals surface area (Å²) in [5, 5.41) is 13.2. The number of hydrogen-bond donors (Lipinski definition) is 2. The van der Waals surface area contributed by atoms with Crippen molar-refractivity contribution in [2.45, 2.75) is 49.6 Å². The summed E-state index contributed by atoms with van der Waals surface area (Å²) in [6, 6.07) is 6.80. The molecule has 2 rings (SSSR count). The smallest absolute Gasteiger partial charge is 0.132 e. The molecule has 1 aromatic carbocycles. The molecule has 0 aromatic heterocycles. The van der Waals surface area contributed by atoms with E-state index in [1.807, 2.05) is 6.07 Å². The molecule has 1 aliphatic carbocycles. The van der Waals surface area contributed by atoms with Crippen LogP contribution >= 0.6 is 11.8 Å². The summed E-state index contributed by atoms with van der Waals surface area (Å²) in [6.07, 6.45) is 8.22. The van der Waals surface area contributed by atoms with E-state index < -0.39 is 0 Å². The largest absolute Gasteiger partial charge is 0.496 e. The maximum absolute atomic E-state index is 9.57. The third-order valence-electron chi connectivity index (χ3n) is 4.41. The maximum Gasteiger partial charge on any atom is 0.132 e. The number of aliphatic hydroxyl groups is 1. The molecule has 2 unspecified atom stereocenters. The minimum atomic E-state index is 0.302. The first kappa shape index (κ1) is 16.7. The molecular weight excluding hydrogens is 282 g/mol. The van der Waals surface area contributed by atoms with E-state index in [0.29, 0.717) is 18.6 Å². The van der Waals surface area contributed by atoms with Gasteiger partial charge in [0, 0.05) is 24.1 Å². The molecule has 3 nitrogen and oxygen atoms in total. The van der Waals surface area contributed by atoms with E-state index in [4.69, 9.17) is 4.74 Å². The highest BCUT2D eigenvalue weighted by Crippen LogP contribution is 2.29. The van der Waals surface area contributed by atoms with Crippen molar-refractivity contribution in [2.75, 3.05) is 20.0 Å². The Bertz CT molecular complexity index is 439. The molecule has 1 saturated carbocycles. The van der Waals surface area contributed by atoms with Gasteiger partial charge in [-0.05, 0) is 42.7 Å². The van der Waals surface area contributed by atoms with Gasteiger partial charge in [-0.15, -0.1) is 11.8 Å². The van der Waals surface area contributed by atoms with Crippen LogP contribution in [-0.4, -0.2) is 31.1 Å². The number of rotatable bonds is 6. The zero-order chi connectivity index (χ0) is 15.1. The Morgan fingerprint density at radius 2 is 2.10 bits per heavy atom. The summed E-state index contributed by atoms with van der Waals surface area (Å²) >= 11 is 1.71. The molecule has 0 aliphatic heterocycles. The van der Waals surface area contributed by atoms with E-state index in [2.05, 4.69) is 23.7 Å². The predicted molar refractivity (Wildman–Crippen MR) is 89.1 cm³/mol. The zero-order valence-electron chi connectivity index (χ0n) is 13.1. The molecule has 0 spiro atoms. The Morgan fingerprint density at radius 1 is 1.29 bits per heavy atom. The van der Waals surface area contributed by atoms with Crippen LogP contribution in [0.1, 0.15) is 37.7 Å². The second-order valence-corrected chi connectivity index (χ2v) is 6.61. The van der Waals surface area contributed by atoms with Gasteiger partial charge in [0.2, 0.25) is 0 Å². The van der Waals surface area contributed by atoms with Crippen molar-refractivity contribution in [1.82, 2.24) is 5.32 Å². The number of ether oxygens (including phenoxy) is 1. The fourth-order valence-corrected chi connectivity index (χ4v) is 3.73. The molecule has 0 bridgehead atoms. The summed E-state index contributed by atoms with van der Waals surface area (Å²) in [5.41, 5.74) is 1.28. The molecule has 0 saturated heterocycles. The Hall–Kier alpha value is -0.710. The minimum absolute atomic E-state index is 0.302. The SMILES string of the molecule is COc1ccc(CNC2CCCCCC2CO)cc1SC. The van der Waals surface area contributed by atoms with Gasteiger partial charge in [0.1, 0.15) is 5.75 Å². The molecule has 0 radical (unpaired) electrons. The van der Waals surface area contributed by atoms with Crippen molar-refractivity contribution in [1.29, 1.82) is 0 Å². The van der Waals surface area contributed by atoms with E-state index in [-0.39, 0.29) is 0 Å². The molecule has 1 aliphatic rings. The molecule has 2 N–H and O–H groups in total. The summed E-state index contributed by atoms with van der Waals surface area (Å²) in [7, 11) is 1.71. The Kier molecular flexibility index (Phi) is 6.87. The molecule has 1 aromatic rings. The van der Waals surface area contributed by atoms with Crippen molar-refractivity contribution in [3.05, 3.63) is 23.8 Å². The van der Waals surface area contributed by atoms with E-state index in [9.17, 15) is 5.11 Å². The summed E-state index contributed by atoms with van der Waals surface area (Å²) < 4.78 is 5.36. The van der Waals surface area contributed by atoms with Crippen LogP contribution in [0.2, 0.25) is 0 Å². The normalized spacial score (nSPS) is 22.8. The highest BCUT2D eigenvalue weighted by atomic mass is 32.2. The molecule has 4 heteroatoms. The zero-order valence-corrected chi connectivity index (χ0v) is 13.9. The first-order chi connectivity index (χ1) is 10.3. The van der Waals surface area contributed by atoms with E-state index in [1.165, 1.54) is 36.1 Å². The quantitative estimate of drug-likeness (QED) is 0.624. The van der Waals surface area contributed by atoms with Gasteiger partial charge in [-0.3, -0.25) is 0 Å². The van der Waals surface area contributed by atoms with Gasteiger partial charge < -0.3 is 15.2 Å². The number of benzene rings is 1. The number of nitrogens with one attached hydrogen (secondary N) is 1. The van der Waals surface area contributed by atoms with Crippen LogP contribution in [0.15, 0.2) is 23.1 Å². The standard InChI is InChI=1S/C17H27NO2S/c1-20-16-9-8-13(10-17(16)21-2)11-18-15-7-5-3-4-6-14(15)12-19/h8-10,14-15,18-19H,3-7,11-12H2,1-2H3. The van der Waals surface area contributed by atoms with E-state index in [0.717, 1.165) is 18.7 Å². The lowest BCUT2D eigenvalue weighted by Gasteiger charge is -2.24. The molecule has 1 fully saturated rings. The molecule has 0 amide bonds. The molecule has 118 valence electrons. The fraction of sp³-hybridized carbons (Fsp3) is 0.647. The highest BCUT2D eigenvalue weighted by molar-refractivity contribution is 7.98. The topological polar surface area (TPSA) is 41.5 Å². The van der Waals surface area contributed by atoms with Gasteiger partial charge in [-0.2, -0.15) is 0 Å². The summed E-state index contributed by atoms with van der Waals surface area (Å²) in [4.78, 5) is 1.18. The van der Waals surface area contributed by atoms with Gasteiger partial charge in [-0.25, -0.2) is 0 Å². The van der Waals surface area contributed by atoms with Crippen LogP contribution in [0.4, 0.5) is 0 Å². The fourth-order valence-electron chi connectivity index (χ4n) is 3.11.